The van der Waals surface area contributed by atoms with Gasteiger partial charge in [-0.1, -0.05) is 17.7 Å². The Labute approximate surface area is 189 Å². The number of hydrogen-bond acceptors (Lipinski definition) is 2. The van der Waals surface area contributed by atoms with Gasteiger partial charge in [0.15, 0.2) is 6.47 Å². The third-order valence-corrected chi connectivity index (χ3v) is 2.54. The molecule has 0 aromatic heterocycles. The summed E-state index contributed by atoms with van der Waals surface area (Å²) in [6, 6.07) is 7.71. The summed E-state index contributed by atoms with van der Waals surface area (Å²) in [5.41, 5.74) is 1.18. The Balaban J connectivity index is -0.000000722. The van der Waals surface area contributed by atoms with Crippen molar-refractivity contribution in [2.45, 2.75) is 12.5 Å². The van der Waals surface area contributed by atoms with Crippen LogP contribution in [0, 0.1) is 7.43 Å². The quantitative estimate of drug-likeness (QED) is 0.396. The zero-order chi connectivity index (χ0) is 11.2. The van der Waals surface area contributed by atoms with Crippen molar-refractivity contribution >= 4 is 6.47 Å². The zero-order valence-corrected chi connectivity index (χ0v) is 26.4. The maximum Gasteiger partial charge on any atom is 1.00 e. The molecule has 1 aliphatic heterocycles. The van der Waals surface area contributed by atoms with Gasteiger partial charge in [-0.3, -0.25) is 0 Å². The minimum Gasteiger partial charge on any atom is -0.665 e. The minimum atomic E-state index is 0. The Kier molecular flexibility index (Phi) is 18.4. The smallest absolute Gasteiger partial charge is 0.665 e. The molecule has 1 heterocycles. The van der Waals surface area contributed by atoms with Crippen molar-refractivity contribution in [2.75, 3.05) is 19.6 Å². The molecule has 0 unspecified atom stereocenters. The van der Waals surface area contributed by atoms with E-state index in [-0.39, 0.29) is 98.3 Å². The van der Waals surface area contributed by atoms with E-state index in [1.54, 1.807) is 12.1 Å². The van der Waals surface area contributed by atoms with Crippen LogP contribution in [0.4, 0.5) is 0 Å². The molecule has 99 valence electrons. The maximum absolute atomic E-state index is 10.0. The van der Waals surface area contributed by atoms with E-state index in [1.807, 2.05) is 12.1 Å². The van der Waals surface area contributed by atoms with Crippen LogP contribution in [0.15, 0.2) is 24.3 Å². The molecule has 0 spiro atoms. The third-order valence-electron chi connectivity index (χ3n) is 2.54. The van der Waals surface area contributed by atoms with E-state index in [2.05, 4.69) is 15.4 Å². The van der Waals surface area contributed by atoms with Gasteiger partial charge in [0, 0.05) is 32.7 Å². The van der Waals surface area contributed by atoms with Crippen LogP contribution in [0.25, 0.3) is 10.6 Å². The van der Waals surface area contributed by atoms with Gasteiger partial charge in [0.25, 0.3) is 0 Å². The van der Waals surface area contributed by atoms with Gasteiger partial charge >= 0.3 is 58.2 Å². The van der Waals surface area contributed by atoms with Gasteiger partial charge in [-0.25, -0.2) is 0 Å². The van der Waals surface area contributed by atoms with Crippen LogP contribution >= 0.6 is 0 Å². The standard InChI is InChI=1S/C12H13N2O2.CH3.Rb.Rf.Y/c15-9-16-12-3-1-10(2-4-12)7-11-8-13-5-6-14-11;;;;/h1-4,11H,5-8H2;1H3;;;/q-3;-1;+1;;/t11-;;;;/m1..../s1. The van der Waals surface area contributed by atoms with Crippen LogP contribution in [0.3, 0.4) is 0 Å². The molecule has 4 nitrogen and oxygen atoms in total. The van der Waals surface area contributed by atoms with Crippen LogP contribution < -0.4 is 62.9 Å². The normalized spacial score (nSPS) is 16.3. The van der Waals surface area contributed by atoms with Crippen molar-refractivity contribution in [3.05, 3.63) is 47.9 Å². The SMILES string of the molecule is O=[C-]Oc1ccc(C[C@@H]2C[N-]CC[N-]2)cc1.[CH3-].[Rb+].[Rf].[Y]. The maximum atomic E-state index is 10.0. The number of carbonyl (C=O) groups excluding carboxylic acids is 1. The van der Waals surface area contributed by atoms with Crippen LogP contribution in [0.5, 0.6) is 5.75 Å². The van der Waals surface area contributed by atoms with Gasteiger partial charge in [-0.05, 0) is 12.2 Å². The second kappa shape index (κ2) is 14.5. The molecule has 20 heavy (non-hydrogen) atoms. The molecule has 2 rings (SSSR count). The molecule has 0 amide bonds. The van der Waals surface area contributed by atoms with E-state index in [4.69, 9.17) is 0 Å². The van der Waals surface area contributed by atoms with Gasteiger partial charge in [0.1, 0.15) is 0 Å². The Morgan fingerprint density at radius 2 is 1.90 bits per heavy atom. The van der Waals surface area contributed by atoms with E-state index < -0.39 is 0 Å². The molecule has 0 N–H and O–H groups in total. The van der Waals surface area contributed by atoms with E-state index in [0.717, 1.165) is 26.1 Å². The first-order valence-electron chi connectivity index (χ1n) is 5.31. The van der Waals surface area contributed by atoms with E-state index in [9.17, 15) is 4.79 Å². The second-order valence-corrected chi connectivity index (χ2v) is 3.72. The largest absolute Gasteiger partial charge is 1.00 e. The molecular formula is C13H16N2O2RbRfY-3. The topological polar surface area (TPSA) is 54.5 Å². The zero-order valence-electron chi connectivity index (χ0n) is 12.2. The van der Waals surface area contributed by atoms with Crippen molar-refractivity contribution in [3.63, 3.8) is 0 Å². The van der Waals surface area contributed by atoms with Crippen molar-refractivity contribution in [2.24, 2.45) is 0 Å². The van der Waals surface area contributed by atoms with E-state index in [0.29, 0.717) is 11.8 Å². The van der Waals surface area contributed by atoms with Gasteiger partial charge in [0.2, 0.25) is 0 Å². The summed E-state index contributed by atoms with van der Waals surface area (Å²) >= 11 is 0. The molecule has 1 fully saturated rings. The van der Waals surface area contributed by atoms with Crippen LogP contribution in [0.2, 0.25) is 0 Å². The van der Waals surface area contributed by atoms with E-state index in [1.165, 1.54) is 12.0 Å². The van der Waals surface area contributed by atoms with Crippen molar-refractivity contribution < 1.29 is 100 Å². The van der Waals surface area contributed by atoms with Crippen LogP contribution in [-0.2, 0) is 43.9 Å². The first-order chi connectivity index (χ1) is 7.88. The summed E-state index contributed by atoms with van der Waals surface area (Å²) in [7, 11) is 0. The molecule has 0 aliphatic carbocycles. The number of benzene rings is 1. The van der Waals surface area contributed by atoms with Crippen molar-refractivity contribution in [1.29, 1.82) is 0 Å². The summed E-state index contributed by atoms with van der Waals surface area (Å²) < 4.78 is 4.60. The average molecular weight is 674 g/mol. The Bertz CT molecular complexity index is 349. The molecule has 1 aliphatic rings. The predicted octanol–water partition coefficient (Wildman–Crippen LogP) is -0.744. The summed E-state index contributed by atoms with van der Waals surface area (Å²) in [6.45, 7) is 3.92. The molecular weight excluding hydrogens is 658 g/mol. The Hall–Kier alpha value is 0.519. The molecule has 1 aromatic carbocycles. The van der Waals surface area contributed by atoms with Crippen LogP contribution in [-0.4, -0.2) is 32.1 Å². The summed E-state index contributed by atoms with van der Waals surface area (Å²) in [6.07, 6.45) is 0.897. The molecule has 1 saturated heterocycles. The monoisotopic (exact) mass is 673 g/mol. The van der Waals surface area contributed by atoms with Gasteiger partial charge in [0.05, 0.1) is 0 Å². The van der Waals surface area contributed by atoms with Gasteiger partial charge < -0.3 is 27.6 Å². The number of hydrogen-bond donors (Lipinski definition) is 0. The fourth-order valence-electron chi connectivity index (χ4n) is 1.75. The summed E-state index contributed by atoms with van der Waals surface area (Å²) in [5, 5.41) is 8.83. The average Bonchev–Trinajstić information content (AvgIpc) is 2.33. The summed E-state index contributed by atoms with van der Waals surface area (Å²) in [5.74, 6) is 0.518. The second-order valence-electron chi connectivity index (χ2n) is 3.72. The van der Waals surface area contributed by atoms with Crippen molar-refractivity contribution in [1.82, 2.24) is 0 Å². The minimum absolute atomic E-state index is 0. The first kappa shape index (κ1) is 25.5. The van der Waals surface area contributed by atoms with Crippen molar-refractivity contribution in [3.8, 4) is 5.75 Å². The Morgan fingerprint density at radius 1 is 1.25 bits per heavy atom. The predicted molar refractivity (Wildman–Crippen MR) is 68.0 cm³/mol. The number of piperazine rings is 1. The number of nitrogens with zero attached hydrogens (tertiary/aromatic N) is 2. The molecule has 0 saturated carbocycles. The number of ether oxygens (including phenoxy) is 1. The van der Waals surface area contributed by atoms with Gasteiger partial charge in [-0.15, -0.1) is 12.1 Å². The number of rotatable bonds is 4. The fourth-order valence-corrected chi connectivity index (χ4v) is 1.75. The van der Waals surface area contributed by atoms with E-state index >= 15 is 0 Å². The third kappa shape index (κ3) is 8.73. The molecule has 1 aromatic rings. The molecule has 1 atom stereocenters. The Morgan fingerprint density at radius 3 is 2.40 bits per heavy atom. The fraction of sp³-hybridized carbons (Fsp3) is 0.385. The van der Waals surface area contributed by atoms with Crippen LogP contribution in [0.1, 0.15) is 5.56 Å². The summed E-state index contributed by atoms with van der Waals surface area (Å²) in [4.78, 5) is 10.0. The molecule has 1 radical (unpaired) electrons. The molecule has 7 heteroatoms. The first-order valence-corrected chi connectivity index (χ1v) is 5.31. The van der Waals surface area contributed by atoms with Gasteiger partial charge in [-0.2, -0.15) is 25.7 Å². The molecule has 0 bridgehead atoms.